The van der Waals surface area contributed by atoms with Crippen molar-refractivity contribution < 1.29 is 14.6 Å². The fourth-order valence-corrected chi connectivity index (χ4v) is 5.48. The molecule has 2 aromatic rings. The van der Waals surface area contributed by atoms with Gasteiger partial charge in [0.1, 0.15) is 5.75 Å². The van der Waals surface area contributed by atoms with Gasteiger partial charge < -0.3 is 14.7 Å². The number of benzene rings is 2. The summed E-state index contributed by atoms with van der Waals surface area (Å²) in [7, 11) is 1.70. The molecule has 0 aromatic heterocycles. The molecule has 0 spiro atoms. The van der Waals surface area contributed by atoms with Gasteiger partial charge in [-0.1, -0.05) is 42.5 Å². The zero-order valence-corrected chi connectivity index (χ0v) is 17.9. The van der Waals surface area contributed by atoms with Crippen LogP contribution in [0.3, 0.4) is 0 Å². The van der Waals surface area contributed by atoms with E-state index in [2.05, 4.69) is 41.3 Å². The molecule has 4 atom stereocenters. The van der Waals surface area contributed by atoms with Crippen LogP contribution in [0.4, 0.5) is 0 Å². The maximum atomic E-state index is 13.0. The van der Waals surface area contributed by atoms with Crippen LogP contribution in [0, 0.1) is 17.8 Å². The summed E-state index contributed by atoms with van der Waals surface area (Å²) in [5.41, 5.74) is 2.62. The number of methoxy groups -OCH3 is 1. The number of nitrogens with zero attached hydrogens (tertiary/aromatic N) is 1. The molecule has 0 bridgehead atoms. The molecule has 4 nitrogen and oxygen atoms in total. The third-order valence-electron chi connectivity index (χ3n) is 7.06. The van der Waals surface area contributed by atoms with Crippen LogP contribution in [-0.2, 0) is 17.6 Å². The largest absolute Gasteiger partial charge is 0.497 e. The molecule has 30 heavy (non-hydrogen) atoms. The predicted octanol–water partition coefficient (Wildman–Crippen LogP) is 4.11. The third kappa shape index (κ3) is 4.70. The van der Waals surface area contributed by atoms with Crippen molar-refractivity contribution in [3.63, 3.8) is 0 Å². The summed E-state index contributed by atoms with van der Waals surface area (Å²) in [5.74, 6) is 1.95. The van der Waals surface area contributed by atoms with Crippen LogP contribution in [0.2, 0.25) is 0 Å². The Kier molecular flexibility index (Phi) is 6.73. The molecule has 0 radical (unpaired) electrons. The molecule has 1 aliphatic heterocycles. The molecule has 1 heterocycles. The van der Waals surface area contributed by atoms with E-state index < -0.39 is 0 Å². The first-order valence-electron chi connectivity index (χ1n) is 11.3. The highest BCUT2D eigenvalue weighted by Crippen LogP contribution is 2.41. The van der Waals surface area contributed by atoms with Crippen molar-refractivity contribution in [1.82, 2.24) is 4.90 Å². The molecular weight excluding hydrogens is 374 g/mol. The van der Waals surface area contributed by atoms with Crippen LogP contribution in [-0.4, -0.2) is 42.2 Å². The zero-order chi connectivity index (χ0) is 20.9. The highest BCUT2D eigenvalue weighted by molar-refractivity contribution is 5.80. The molecule has 1 amide bonds. The number of amides is 1. The van der Waals surface area contributed by atoms with E-state index in [0.717, 1.165) is 50.8 Å². The molecule has 0 unspecified atom stereocenters. The van der Waals surface area contributed by atoms with Crippen molar-refractivity contribution >= 4 is 5.91 Å². The molecule has 1 saturated heterocycles. The average molecular weight is 408 g/mol. The van der Waals surface area contributed by atoms with Crippen LogP contribution >= 0.6 is 0 Å². The van der Waals surface area contributed by atoms with Gasteiger partial charge in [0, 0.05) is 12.6 Å². The van der Waals surface area contributed by atoms with Crippen LogP contribution in [0.5, 0.6) is 5.75 Å². The number of carbonyl (C=O) groups is 1. The lowest BCUT2D eigenvalue weighted by molar-refractivity contribution is -0.148. The minimum Gasteiger partial charge on any atom is -0.497 e. The van der Waals surface area contributed by atoms with Crippen LogP contribution in [0.25, 0.3) is 0 Å². The molecular formula is C26H33NO3. The topological polar surface area (TPSA) is 49.8 Å². The summed E-state index contributed by atoms with van der Waals surface area (Å²) >= 11 is 0. The van der Waals surface area contributed by atoms with Crippen LogP contribution < -0.4 is 4.74 Å². The molecule has 1 aliphatic carbocycles. The molecule has 2 aliphatic rings. The smallest absolute Gasteiger partial charge is 0.228 e. The van der Waals surface area contributed by atoms with Crippen molar-refractivity contribution in [2.75, 3.05) is 20.3 Å². The molecule has 2 aromatic carbocycles. The van der Waals surface area contributed by atoms with E-state index in [1.807, 2.05) is 18.2 Å². The minimum atomic E-state index is -0.234. The van der Waals surface area contributed by atoms with Gasteiger partial charge in [-0.15, -0.1) is 0 Å². The zero-order valence-electron chi connectivity index (χ0n) is 17.9. The first-order valence-corrected chi connectivity index (χ1v) is 11.3. The monoisotopic (exact) mass is 407 g/mol. The number of piperidine rings is 1. The normalized spacial score (nSPS) is 26.3. The second-order valence-corrected chi connectivity index (χ2v) is 8.94. The number of ether oxygens (including phenoxy) is 1. The SMILES string of the molecule is COc1ccc(C[C@@H]2CC[C@@H]3[C@H](C2)C[C@@H](CO)C(=O)N3CCc2ccccc2)cc1. The summed E-state index contributed by atoms with van der Waals surface area (Å²) in [5, 5.41) is 9.85. The van der Waals surface area contributed by atoms with Gasteiger partial charge in [0.25, 0.3) is 0 Å². The van der Waals surface area contributed by atoms with Gasteiger partial charge in [-0.05, 0) is 73.6 Å². The van der Waals surface area contributed by atoms with Crippen molar-refractivity contribution in [2.45, 2.75) is 44.6 Å². The highest BCUT2D eigenvalue weighted by atomic mass is 16.5. The fraction of sp³-hybridized carbons (Fsp3) is 0.500. The lowest BCUT2D eigenvalue weighted by Gasteiger charge is -2.48. The fourth-order valence-electron chi connectivity index (χ4n) is 5.48. The second-order valence-electron chi connectivity index (χ2n) is 8.94. The Morgan fingerprint density at radius 1 is 1.00 bits per heavy atom. The summed E-state index contributed by atoms with van der Waals surface area (Å²) in [6, 6.07) is 19.1. The third-order valence-corrected chi connectivity index (χ3v) is 7.06. The van der Waals surface area contributed by atoms with Gasteiger partial charge in [-0.25, -0.2) is 0 Å². The molecule has 160 valence electrons. The Balaban J connectivity index is 1.41. The number of aliphatic hydroxyl groups is 1. The van der Waals surface area contributed by atoms with E-state index in [-0.39, 0.29) is 18.4 Å². The van der Waals surface area contributed by atoms with E-state index in [1.54, 1.807) is 7.11 Å². The van der Waals surface area contributed by atoms with Gasteiger partial charge in [-0.2, -0.15) is 0 Å². The quantitative estimate of drug-likeness (QED) is 0.752. The van der Waals surface area contributed by atoms with Gasteiger partial charge in [0.05, 0.1) is 19.6 Å². The van der Waals surface area contributed by atoms with Crippen molar-refractivity contribution in [1.29, 1.82) is 0 Å². The van der Waals surface area contributed by atoms with Gasteiger partial charge in [-0.3, -0.25) is 4.79 Å². The maximum absolute atomic E-state index is 13.0. The van der Waals surface area contributed by atoms with Gasteiger partial charge >= 0.3 is 0 Å². The molecule has 4 rings (SSSR count). The predicted molar refractivity (Wildman–Crippen MR) is 118 cm³/mol. The van der Waals surface area contributed by atoms with Crippen LogP contribution in [0.15, 0.2) is 54.6 Å². The van der Waals surface area contributed by atoms with Crippen molar-refractivity contribution in [2.24, 2.45) is 17.8 Å². The van der Waals surface area contributed by atoms with E-state index in [1.165, 1.54) is 11.1 Å². The van der Waals surface area contributed by atoms with E-state index in [0.29, 0.717) is 17.9 Å². The number of likely N-dealkylation sites (tertiary alicyclic amines) is 1. The average Bonchev–Trinajstić information content (AvgIpc) is 2.79. The summed E-state index contributed by atoms with van der Waals surface area (Å²) < 4.78 is 5.27. The van der Waals surface area contributed by atoms with Gasteiger partial charge in [0.2, 0.25) is 5.91 Å². The Labute approximate surface area is 179 Å². The summed E-state index contributed by atoms with van der Waals surface area (Å²) in [4.78, 5) is 15.1. The number of rotatable bonds is 7. The summed E-state index contributed by atoms with van der Waals surface area (Å²) in [6.45, 7) is 0.719. The van der Waals surface area contributed by atoms with Crippen LogP contribution in [0.1, 0.15) is 36.8 Å². The summed E-state index contributed by atoms with van der Waals surface area (Å²) in [6.07, 6.45) is 6.16. The number of aliphatic hydroxyl groups excluding tert-OH is 1. The molecule has 1 N–H and O–H groups in total. The minimum absolute atomic E-state index is 0.0347. The Hall–Kier alpha value is -2.33. The number of fused-ring (bicyclic) bond motifs is 1. The van der Waals surface area contributed by atoms with Crippen molar-refractivity contribution in [3.8, 4) is 5.75 Å². The van der Waals surface area contributed by atoms with E-state index in [9.17, 15) is 9.90 Å². The number of carbonyl (C=O) groups excluding carboxylic acids is 1. The van der Waals surface area contributed by atoms with E-state index >= 15 is 0 Å². The number of hydrogen-bond donors (Lipinski definition) is 1. The first-order chi connectivity index (χ1) is 14.7. The Morgan fingerprint density at radius 2 is 1.77 bits per heavy atom. The molecule has 2 fully saturated rings. The van der Waals surface area contributed by atoms with Crippen molar-refractivity contribution in [3.05, 3.63) is 65.7 Å². The highest BCUT2D eigenvalue weighted by Gasteiger charge is 2.43. The first kappa shape index (κ1) is 20.9. The standard InChI is InChI=1S/C26H33NO3/c1-30-24-10-7-20(8-11-24)15-21-9-12-25-22(16-21)17-23(18-28)26(29)27(25)14-13-19-5-3-2-4-6-19/h2-8,10-11,21-23,25,28H,9,12-18H2,1H3/t21-,22+,23-,25+/m0/s1. The maximum Gasteiger partial charge on any atom is 0.228 e. The second kappa shape index (κ2) is 9.65. The Bertz CT molecular complexity index is 820. The molecule has 4 heteroatoms. The lowest BCUT2D eigenvalue weighted by Crippen LogP contribution is -2.55. The van der Waals surface area contributed by atoms with E-state index in [4.69, 9.17) is 4.74 Å². The van der Waals surface area contributed by atoms with Gasteiger partial charge in [0.15, 0.2) is 0 Å². The number of hydrogen-bond acceptors (Lipinski definition) is 3. The lowest BCUT2D eigenvalue weighted by atomic mass is 9.69. The Morgan fingerprint density at radius 3 is 2.47 bits per heavy atom. The molecule has 1 saturated carbocycles.